The third-order valence-electron chi connectivity index (χ3n) is 4.02. The lowest BCUT2D eigenvalue weighted by Gasteiger charge is -2.18. The molecule has 0 bridgehead atoms. The number of aromatic nitrogens is 2. The molecule has 0 fully saturated rings. The summed E-state index contributed by atoms with van der Waals surface area (Å²) < 4.78 is 7.65. The van der Waals surface area contributed by atoms with E-state index in [4.69, 9.17) is 9.73 Å². The van der Waals surface area contributed by atoms with E-state index >= 15 is 0 Å². The van der Waals surface area contributed by atoms with E-state index in [1.165, 1.54) is 0 Å². The first-order valence-electron chi connectivity index (χ1n) is 8.45. The highest BCUT2D eigenvalue weighted by atomic mass is 32.1. The van der Waals surface area contributed by atoms with Crippen LogP contribution in [0.3, 0.4) is 0 Å². The Balaban J connectivity index is 1.79. The summed E-state index contributed by atoms with van der Waals surface area (Å²) in [4.78, 5) is 21.4. The zero-order valence-electron chi connectivity index (χ0n) is 14.3. The van der Waals surface area contributed by atoms with Gasteiger partial charge in [-0.05, 0) is 36.8 Å². The van der Waals surface area contributed by atoms with E-state index < -0.39 is 0 Å². The van der Waals surface area contributed by atoms with Crippen LogP contribution in [0.2, 0.25) is 0 Å². The van der Waals surface area contributed by atoms with Gasteiger partial charge in [-0.1, -0.05) is 6.92 Å². The number of pyridine rings is 1. The van der Waals surface area contributed by atoms with Gasteiger partial charge in [0.25, 0.3) is 5.91 Å². The Hall–Kier alpha value is -2.93. The van der Waals surface area contributed by atoms with Gasteiger partial charge in [0.05, 0.1) is 23.3 Å². The van der Waals surface area contributed by atoms with Crippen LogP contribution in [0.1, 0.15) is 13.3 Å². The number of nitrogens with zero attached hydrogens (tertiary/aromatic N) is 3. The molecule has 132 valence electrons. The van der Waals surface area contributed by atoms with E-state index in [0.717, 1.165) is 34.7 Å². The highest BCUT2D eigenvalue weighted by molar-refractivity contribution is 7.07. The van der Waals surface area contributed by atoms with Crippen molar-refractivity contribution in [3.63, 3.8) is 0 Å². The minimum atomic E-state index is -0.131. The second kappa shape index (κ2) is 7.13. The number of thiazole rings is 1. The van der Waals surface area contributed by atoms with Gasteiger partial charge in [0.15, 0.2) is 11.4 Å². The van der Waals surface area contributed by atoms with E-state index in [-0.39, 0.29) is 12.5 Å². The van der Waals surface area contributed by atoms with Gasteiger partial charge in [-0.2, -0.15) is 0 Å². The van der Waals surface area contributed by atoms with E-state index in [2.05, 4.69) is 27.2 Å². The maximum atomic E-state index is 11.6. The zero-order chi connectivity index (χ0) is 17.9. The second-order valence-corrected chi connectivity index (χ2v) is 6.76. The van der Waals surface area contributed by atoms with Gasteiger partial charge in [-0.15, -0.1) is 11.3 Å². The van der Waals surface area contributed by atoms with Gasteiger partial charge < -0.3 is 14.6 Å². The number of carbonyl (C=O) groups is 1. The molecule has 1 aliphatic rings. The summed E-state index contributed by atoms with van der Waals surface area (Å²) in [7, 11) is 0. The molecule has 0 unspecified atom stereocenters. The highest BCUT2D eigenvalue weighted by Gasteiger charge is 2.17. The minimum Gasteiger partial charge on any atom is -0.482 e. The van der Waals surface area contributed by atoms with Crippen molar-refractivity contribution in [1.82, 2.24) is 9.55 Å². The highest BCUT2D eigenvalue weighted by Crippen LogP contribution is 2.33. The fourth-order valence-corrected chi connectivity index (χ4v) is 3.82. The predicted molar refractivity (Wildman–Crippen MR) is 102 cm³/mol. The minimum absolute atomic E-state index is 0.0643. The van der Waals surface area contributed by atoms with Crippen LogP contribution in [0.25, 0.3) is 11.3 Å². The van der Waals surface area contributed by atoms with Crippen LogP contribution in [0.15, 0.2) is 53.1 Å². The fraction of sp³-hybridized carbons (Fsp3) is 0.211. The van der Waals surface area contributed by atoms with Crippen molar-refractivity contribution in [2.45, 2.75) is 19.9 Å². The molecule has 1 aromatic carbocycles. The Morgan fingerprint density at radius 3 is 3.12 bits per heavy atom. The molecule has 0 atom stereocenters. The Labute approximate surface area is 154 Å². The smallest absolute Gasteiger partial charge is 0.262 e. The normalized spacial score (nSPS) is 13.9. The van der Waals surface area contributed by atoms with E-state index in [0.29, 0.717) is 11.4 Å². The number of hydrogen-bond acceptors (Lipinski definition) is 5. The average Bonchev–Trinajstić information content (AvgIpc) is 3.05. The van der Waals surface area contributed by atoms with Crippen molar-refractivity contribution < 1.29 is 9.53 Å². The molecule has 4 rings (SSSR count). The summed E-state index contributed by atoms with van der Waals surface area (Å²) in [5.41, 5.74) is 3.63. The van der Waals surface area contributed by atoms with Crippen molar-refractivity contribution in [3.8, 4) is 17.0 Å². The Morgan fingerprint density at radius 1 is 1.38 bits per heavy atom. The lowest BCUT2D eigenvalue weighted by molar-refractivity contribution is -0.118. The van der Waals surface area contributed by atoms with Gasteiger partial charge in [0.2, 0.25) is 0 Å². The third-order valence-corrected chi connectivity index (χ3v) is 4.89. The Bertz CT molecular complexity index is 1010. The molecular weight excluding hydrogens is 348 g/mol. The van der Waals surface area contributed by atoms with Crippen LogP contribution in [-0.4, -0.2) is 22.1 Å². The maximum absolute atomic E-state index is 11.6. The summed E-state index contributed by atoms with van der Waals surface area (Å²) in [5, 5.41) is 4.96. The van der Waals surface area contributed by atoms with Gasteiger partial charge in [-0.25, -0.2) is 4.99 Å². The van der Waals surface area contributed by atoms with Crippen molar-refractivity contribution in [1.29, 1.82) is 0 Å². The molecule has 3 aromatic rings. The van der Waals surface area contributed by atoms with Gasteiger partial charge >= 0.3 is 0 Å². The van der Waals surface area contributed by atoms with Crippen LogP contribution in [0, 0.1) is 0 Å². The van der Waals surface area contributed by atoms with Crippen molar-refractivity contribution in [2.75, 3.05) is 11.9 Å². The van der Waals surface area contributed by atoms with Crippen molar-refractivity contribution >= 4 is 28.6 Å². The van der Waals surface area contributed by atoms with Crippen LogP contribution >= 0.6 is 11.3 Å². The standard InChI is InChI=1S/C19H18N4O2S/c1-2-8-23-16(12-26-19(23)21-14-4-3-7-20-10-14)13-5-6-17-15(9-13)22-18(24)11-25-17/h3-7,9-10,12H,2,8,11H2,1H3,(H,22,24). The summed E-state index contributed by atoms with van der Waals surface area (Å²) in [6.45, 7) is 3.07. The molecule has 2 aromatic heterocycles. The lowest BCUT2D eigenvalue weighted by atomic mass is 10.1. The maximum Gasteiger partial charge on any atom is 0.262 e. The Kier molecular flexibility index (Phi) is 4.53. The summed E-state index contributed by atoms with van der Waals surface area (Å²) >= 11 is 1.59. The molecule has 1 N–H and O–H groups in total. The largest absolute Gasteiger partial charge is 0.482 e. The summed E-state index contributed by atoms with van der Waals surface area (Å²) in [5.74, 6) is 0.569. The van der Waals surface area contributed by atoms with Crippen molar-refractivity contribution in [2.24, 2.45) is 4.99 Å². The molecule has 1 aliphatic heterocycles. The monoisotopic (exact) mass is 366 g/mol. The topological polar surface area (TPSA) is 68.5 Å². The van der Waals surface area contributed by atoms with Crippen LogP contribution in [0.5, 0.6) is 5.75 Å². The molecule has 0 saturated carbocycles. The fourth-order valence-electron chi connectivity index (χ4n) is 2.86. The number of anilines is 1. The zero-order valence-corrected chi connectivity index (χ0v) is 15.1. The Morgan fingerprint density at radius 2 is 2.31 bits per heavy atom. The molecule has 1 amide bonds. The van der Waals surface area contributed by atoms with E-state index in [9.17, 15) is 4.79 Å². The molecule has 0 aliphatic carbocycles. The molecule has 26 heavy (non-hydrogen) atoms. The second-order valence-electron chi connectivity index (χ2n) is 5.93. The number of rotatable bonds is 4. The van der Waals surface area contributed by atoms with Gasteiger partial charge in [0, 0.05) is 23.7 Å². The molecule has 0 saturated heterocycles. The number of fused-ring (bicyclic) bond motifs is 1. The molecule has 7 heteroatoms. The number of nitrogens with one attached hydrogen (secondary N) is 1. The van der Waals surface area contributed by atoms with E-state index in [1.807, 2.05) is 30.3 Å². The first kappa shape index (κ1) is 16.5. The lowest BCUT2D eigenvalue weighted by Crippen LogP contribution is -2.25. The van der Waals surface area contributed by atoms with Crippen molar-refractivity contribution in [3.05, 3.63) is 52.9 Å². The SMILES string of the molecule is CCCn1c(-c2ccc3c(c2)NC(=O)CO3)csc1=Nc1cccnc1. The molecule has 6 nitrogen and oxygen atoms in total. The van der Waals surface area contributed by atoms with Gasteiger partial charge in [0.1, 0.15) is 5.75 Å². The molecule has 0 radical (unpaired) electrons. The van der Waals surface area contributed by atoms with Crippen LogP contribution < -0.4 is 14.9 Å². The molecule has 0 spiro atoms. The summed E-state index contributed by atoms with van der Waals surface area (Å²) in [6, 6.07) is 9.68. The quantitative estimate of drug-likeness (QED) is 0.767. The van der Waals surface area contributed by atoms with E-state index in [1.54, 1.807) is 23.7 Å². The average molecular weight is 366 g/mol. The van der Waals surface area contributed by atoms with Crippen LogP contribution in [-0.2, 0) is 11.3 Å². The number of amides is 1. The number of benzene rings is 1. The molecular formula is C19H18N4O2S. The summed E-state index contributed by atoms with van der Waals surface area (Å²) in [6.07, 6.45) is 4.48. The third kappa shape index (κ3) is 3.25. The predicted octanol–water partition coefficient (Wildman–Crippen LogP) is 3.58. The first-order chi connectivity index (χ1) is 12.7. The number of ether oxygens (including phenoxy) is 1. The van der Waals surface area contributed by atoms with Gasteiger partial charge in [-0.3, -0.25) is 9.78 Å². The van der Waals surface area contributed by atoms with Crippen LogP contribution in [0.4, 0.5) is 11.4 Å². The first-order valence-corrected chi connectivity index (χ1v) is 9.32. The molecule has 3 heterocycles. The number of carbonyl (C=O) groups excluding carboxylic acids is 1. The number of hydrogen-bond donors (Lipinski definition) is 1.